The van der Waals surface area contributed by atoms with Crippen molar-refractivity contribution < 1.29 is 26.7 Å². The molecule has 0 aliphatic heterocycles. The number of halogens is 2. The minimum Gasteiger partial charge on any atom is -0.435 e. The zero-order chi connectivity index (χ0) is 22.3. The van der Waals surface area contributed by atoms with Crippen LogP contribution in [-0.4, -0.2) is 30.9 Å². The molecule has 1 heterocycles. The number of benzene rings is 2. The van der Waals surface area contributed by atoms with Gasteiger partial charge in [-0.1, -0.05) is 12.1 Å². The molecule has 2 aromatic carbocycles. The van der Waals surface area contributed by atoms with Crippen LogP contribution in [0.1, 0.15) is 5.56 Å². The lowest BCUT2D eigenvalue weighted by Gasteiger charge is -2.07. The third-order valence-electron chi connectivity index (χ3n) is 3.76. The third-order valence-corrected chi connectivity index (χ3v) is 5.10. The lowest BCUT2D eigenvalue weighted by atomic mass is 10.2. The quantitative estimate of drug-likeness (QED) is 0.512. The second-order valence-electron chi connectivity index (χ2n) is 5.97. The number of carbonyl (C=O) groups excluding carboxylic acids is 1. The molecule has 1 amide bonds. The van der Waals surface area contributed by atoms with Gasteiger partial charge in [-0.2, -0.15) is 8.78 Å². The highest BCUT2D eigenvalue weighted by Gasteiger charge is 2.15. The van der Waals surface area contributed by atoms with Crippen LogP contribution in [-0.2, 0) is 14.8 Å². The number of alkyl halides is 2. The molecule has 3 aromatic rings. The number of aromatic nitrogens is 2. The van der Waals surface area contributed by atoms with E-state index in [1.165, 1.54) is 73.1 Å². The molecular weight excluding hydrogens is 430 g/mol. The predicted molar refractivity (Wildman–Crippen MR) is 110 cm³/mol. The Balaban J connectivity index is 1.59. The first-order valence-corrected chi connectivity index (χ1v) is 10.2. The lowest BCUT2D eigenvalue weighted by molar-refractivity contribution is -0.111. The van der Waals surface area contributed by atoms with Crippen LogP contribution in [0.2, 0.25) is 0 Å². The van der Waals surface area contributed by atoms with Crippen LogP contribution in [0.25, 0.3) is 6.08 Å². The van der Waals surface area contributed by atoms with Crippen molar-refractivity contribution in [2.24, 2.45) is 0 Å². The first-order valence-electron chi connectivity index (χ1n) is 8.76. The number of nitrogens with zero attached hydrogens (tertiary/aromatic N) is 2. The summed E-state index contributed by atoms with van der Waals surface area (Å²) >= 11 is 0. The summed E-state index contributed by atoms with van der Waals surface area (Å²) in [6, 6.07) is 12.8. The molecule has 0 saturated heterocycles. The van der Waals surface area contributed by atoms with Gasteiger partial charge in [0, 0.05) is 24.2 Å². The SMILES string of the molecule is O=C(/C=C/c1ccc(OC(F)F)cc1)Nc1ccc(S(=O)(=O)Nc2ncccn2)cc1. The molecule has 0 bridgehead atoms. The molecule has 0 aliphatic rings. The summed E-state index contributed by atoms with van der Waals surface area (Å²) in [6.45, 7) is -2.91. The molecule has 0 unspecified atom stereocenters. The minimum atomic E-state index is -3.87. The molecule has 160 valence electrons. The Labute approximate surface area is 176 Å². The molecule has 0 spiro atoms. The standard InChI is InChI=1S/C20H16F2N4O4S/c21-19(22)30-16-7-2-14(3-8-16)4-11-18(27)25-15-5-9-17(10-6-15)31(28,29)26-20-23-12-1-13-24-20/h1-13,19H,(H,25,27)(H,23,24,26)/b11-4+. The van der Waals surface area contributed by atoms with Crippen LogP contribution >= 0.6 is 0 Å². The topological polar surface area (TPSA) is 110 Å². The van der Waals surface area contributed by atoms with Gasteiger partial charge in [-0.3, -0.25) is 4.79 Å². The van der Waals surface area contributed by atoms with Crippen molar-refractivity contribution in [3.05, 3.63) is 78.6 Å². The molecule has 0 saturated carbocycles. The van der Waals surface area contributed by atoms with Gasteiger partial charge in [-0.25, -0.2) is 23.1 Å². The number of rotatable bonds is 8. The molecule has 1 aromatic heterocycles. The van der Waals surface area contributed by atoms with E-state index in [2.05, 4.69) is 24.7 Å². The van der Waals surface area contributed by atoms with E-state index in [1.807, 2.05) is 0 Å². The molecule has 11 heteroatoms. The highest BCUT2D eigenvalue weighted by Crippen LogP contribution is 2.17. The number of sulfonamides is 1. The van der Waals surface area contributed by atoms with E-state index in [0.29, 0.717) is 11.3 Å². The van der Waals surface area contributed by atoms with Crippen LogP contribution in [0.5, 0.6) is 5.75 Å². The zero-order valence-electron chi connectivity index (χ0n) is 15.8. The van der Waals surface area contributed by atoms with Gasteiger partial charge in [0.05, 0.1) is 4.90 Å². The Bertz CT molecular complexity index is 1150. The molecule has 0 aliphatic carbocycles. The summed E-state index contributed by atoms with van der Waals surface area (Å²) in [5, 5.41) is 2.59. The van der Waals surface area contributed by atoms with Gasteiger partial charge in [0.2, 0.25) is 11.9 Å². The van der Waals surface area contributed by atoms with Crippen molar-refractivity contribution in [3.8, 4) is 5.75 Å². The van der Waals surface area contributed by atoms with Crippen molar-refractivity contribution in [1.82, 2.24) is 9.97 Å². The molecule has 0 atom stereocenters. The van der Waals surface area contributed by atoms with Gasteiger partial charge in [-0.15, -0.1) is 0 Å². The summed E-state index contributed by atoms with van der Waals surface area (Å²) in [6.07, 6.45) is 5.55. The van der Waals surface area contributed by atoms with Crippen molar-refractivity contribution in [2.45, 2.75) is 11.5 Å². The van der Waals surface area contributed by atoms with Crippen LogP contribution < -0.4 is 14.8 Å². The number of amides is 1. The van der Waals surface area contributed by atoms with Crippen LogP contribution in [0.15, 0.2) is 78.0 Å². The van der Waals surface area contributed by atoms with Crippen molar-refractivity contribution in [3.63, 3.8) is 0 Å². The van der Waals surface area contributed by atoms with E-state index in [1.54, 1.807) is 6.07 Å². The molecule has 0 radical (unpaired) electrons. The maximum absolute atomic E-state index is 12.3. The second-order valence-corrected chi connectivity index (χ2v) is 7.65. The van der Waals surface area contributed by atoms with E-state index < -0.39 is 22.5 Å². The highest BCUT2D eigenvalue weighted by molar-refractivity contribution is 7.92. The van der Waals surface area contributed by atoms with E-state index in [-0.39, 0.29) is 16.6 Å². The fourth-order valence-corrected chi connectivity index (χ4v) is 3.32. The second kappa shape index (κ2) is 9.76. The fraction of sp³-hybridized carbons (Fsp3) is 0.0500. The Morgan fingerprint density at radius 3 is 2.26 bits per heavy atom. The molecular formula is C20H16F2N4O4S. The molecule has 0 fully saturated rings. The fourth-order valence-electron chi connectivity index (χ4n) is 2.36. The Morgan fingerprint density at radius 2 is 1.65 bits per heavy atom. The zero-order valence-corrected chi connectivity index (χ0v) is 16.6. The smallest absolute Gasteiger partial charge is 0.387 e. The number of carbonyl (C=O) groups is 1. The summed E-state index contributed by atoms with van der Waals surface area (Å²) < 4.78 is 55.5. The number of anilines is 2. The van der Waals surface area contributed by atoms with Crippen molar-refractivity contribution >= 4 is 33.6 Å². The first kappa shape index (κ1) is 21.8. The van der Waals surface area contributed by atoms with Crippen molar-refractivity contribution in [1.29, 1.82) is 0 Å². The molecule has 31 heavy (non-hydrogen) atoms. The minimum absolute atomic E-state index is 0.0139. The largest absolute Gasteiger partial charge is 0.435 e. The van der Waals surface area contributed by atoms with Crippen LogP contribution in [0.3, 0.4) is 0 Å². The maximum atomic E-state index is 12.3. The third kappa shape index (κ3) is 6.57. The van der Waals surface area contributed by atoms with Gasteiger partial charge in [0.25, 0.3) is 10.0 Å². The Morgan fingerprint density at radius 1 is 1.00 bits per heavy atom. The Hall–Kier alpha value is -3.86. The number of nitrogens with one attached hydrogen (secondary N) is 2. The first-order chi connectivity index (χ1) is 14.8. The average molecular weight is 446 g/mol. The summed E-state index contributed by atoms with van der Waals surface area (Å²) in [5.41, 5.74) is 0.984. The number of ether oxygens (including phenoxy) is 1. The summed E-state index contributed by atoms with van der Waals surface area (Å²) in [5.74, 6) is -0.502. The maximum Gasteiger partial charge on any atom is 0.387 e. The lowest BCUT2D eigenvalue weighted by Crippen LogP contribution is -2.15. The average Bonchev–Trinajstić information content (AvgIpc) is 2.74. The normalized spacial score (nSPS) is 11.5. The summed E-state index contributed by atoms with van der Waals surface area (Å²) in [7, 11) is -3.87. The highest BCUT2D eigenvalue weighted by atomic mass is 32.2. The molecule has 8 nitrogen and oxygen atoms in total. The van der Waals surface area contributed by atoms with Gasteiger partial charge in [0.15, 0.2) is 0 Å². The van der Waals surface area contributed by atoms with Gasteiger partial charge < -0.3 is 10.1 Å². The van der Waals surface area contributed by atoms with Gasteiger partial charge in [0.1, 0.15) is 5.75 Å². The predicted octanol–water partition coefficient (Wildman–Crippen LogP) is 3.53. The van der Waals surface area contributed by atoms with E-state index in [9.17, 15) is 22.0 Å². The van der Waals surface area contributed by atoms with E-state index in [4.69, 9.17) is 0 Å². The van der Waals surface area contributed by atoms with Gasteiger partial charge in [-0.05, 0) is 54.1 Å². The van der Waals surface area contributed by atoms with Crippen molar-refractivity contribution in [2.75, 3.05) is 10.0 Å². The Kier molecular flexibility index (Phi) is 6.88. The molecule has 2 N–H and O–H groups in total. The number of hydrogen-bond donors (Lipinski definition) is 2. The van der Waals surface area contributed by atoms with E-state index >= 15 is 0 Å². The monoisotopic (exact) mass is 446 g/mol. The molecule has 3 rings (SSSR count). The van der Waals surface area contributed by atoms with E-state index in [0.717, 1.165) is 0 Å². The summed E-state index contributed by atoms with van der Waals surface area (Å²) in [4.78, 5) is 19.6. The number of hydrogen-bond acceptors (Lipinski definition) is 6. The van der Waals surface area contributed by atoms with Crippen LogP contribution in [0.4, 0.5) is 20.4 Å². The van der Waals surface area contributed by atoms with Crippen LogP contribution in [0, 0.1) is 0 Å². The van der Waals surface area contributed by atoms with Gasteiger partial charge >= 0.3 is 6.61 Å².